The van der Waals surface area contributed by atoms with Gasteiger partial charge in [-0.25, -0.2) is 84.4 Å². The summed E-state index contributed by atoms with van der Waals surface area (Å²) in [6.07, 6.45) is 12.4. The van der Waals surface area contributed by atoms with E-state index in [1.54, 1.807) is 79.8 Å². The van der Waals surface area contributed by atoms with Crippen molar-refractivity contribution in [2.24, 2.45) is 0 Å². The van der Waals surface area contributed by atoms with Gasteiger partial charge in [0.15, 0.2) is 0 Å². The Hall–Kier alpha value is -15.0. The maximum absolute atomic E-state index is 8.46. The van der Waals surface area contributed by atoms with Gasteiger partial charge in [-0.1, -0.05) is 166 Å². The molecule has 12 aromatic carbocycles. The Kier molecular flexibility index (Phi) is 27.1. The first-order valence-corrected chi connectivity index (χ1v) is 43.0. The Balaban J connectivity index is 0.000000128. The van der Waals surface area contributed by atoms with Crippen LogP contribution >= 0.6 is 0 Å². The van der Waals surface area contributed by atoms with Crippen LogP contribution in [0.4, 0.5) is 46.0 Å². The minimum absolute atomic E-state index is 0. The van der Waals surface area contributed by atoms with Crippen LogP contribution in [0.5, 0.6) is 0 Å². The van der Waals surface area contributed by atoms with Gasteiger partial charge >= 0.3 is 84.3 Å². The molecule has 664 valence electrons. The number of hydrogen-bond acceptors (Lipinski definition) is 12. The third-order valence-electron chi connectivity index (χ3n) is 23.3. The number of anilines is 8. The van der Waals surface area contributed by atoms with E-state index in [1.807, 2.05) is 265 Å². The third-order valence-corrected chi connectivity index (χ3v) is 23.3. The third kappa shape index (κ3) is 18.8. The Morgan fingerprint density at radius 3 is 0.809 bits per heavy atom. The Morgan fingerprint density at radius 2 is 0.485 bits per heavy atom. The Bertz CT molecular complexity index is 8300. The van der Waals surface area contributed by atoms with Crippen molar-refractivity contribution in [3.05, 3.63) is 462 Å². The van der Waals surface area contributed by atoms with E-state index in [1.165, 1.54) is 0 Å². The van der Waals surface area contributed by atoms with Gasteiger partial charge in [0.25, 0.3) is 0 Å². The molecule has 0 atom stereocenters. The average molecular weight is 2480 g/mol. The molecule has 0 radical (unpaired) electrons. The van der Waals surface area contributed by atoms with Crippen LogP contribution < -0.4 is 19.6 Å². The number of pyridine rings is 8. The summed E-state index contributed by atoms with van der Waals surface area (Å²) in [6, 6.07) is 144. The van der Waals surface area contributed by atoms with Crippen molar-refractivity contribution in [2.45, 2.75) is 0 Å². The standard InChI is InChI=1S/4C29H20N4.4Pt/c4*1-32(28-13-4-6-17-30-28)23-10-8-9-21(19-23)22-15-16-25-24-11-2-3-12-26(24)33(27(25)20-22)29-14-5-7-18-31-29;;;;/h4*2-18H,1H3;;;;/q4*-2;4*+2/i18D;14D;7D;5D;;;;. The number of hydrogen-bond donors (Lipinski definition) is 0. The number of fused-ring (bicyclic) bond motifs is 12. The molecule has 0 N–H and O–H groups in total. The second-order valence-electron chi connectivity index (χ2n) is 31.2. The minimum Gasteiger partial charge on any atom is -0.348 e. The van der Waals surface area contributed by atoms with Crippen LogP contribution in [0.2, 0.25) is 0 Å². The molecule has 136 heavy (non-hydrogen) atoms. The van der Waals surface area contributed by atoms with Gasteiger partial charge in [0.1, 0.15) is 46.5 Å². The maximum Gasteiger partial charge on any atom is 2.00 e. The fourth-order valence-electron chi connectivity index (χ4n) is 16.8. The molecule has 0 fully saturated rings. The predicted molar refractivity (Wildman–Crippen MR) is 536 cm³/mol. The topological polar surface area (TPSA) is 136 Å². The van der Waals surface area contributed by atoms with Crippen molar-refractivity contribution in [2.75, 3.05) is 47.8 Å². The van der Waals surface area contributed by atoms with E-state index in [-0.39, 0.29) is 90.4 Å². The molecule has 0 aliphatic rings. The fourth-order valence-corrected chi connectivity index (χ4v) is 16.8. The monoisotopic (exact) mass is 2480 g/mol. The summed E-state index contributed by atoms with van der Waals surface area (Å²) in [4.78, 5) is 43.9. The number of aromatic nitrogens is 12. The first-order valence-electron chi connectivity index (χ1n) is 45.0. The molecule has 0 saturated carbocycles. The largest absolute Gasteiger partial charge is 2.00 e. The van der Waals surface area contributed by atoms with Crippen molar-refractivity contribution in [3.8, 4) is 67.8 Å². The smallest absolute Gasteiger partial charge is 0.348 e. The van der Waals surface area contributed by atoms with E-state index in [4.69, 9.17) is 5.48 Å². The van der Waals surface area contributed by atoms with Gasteiger partial charge in [-0.2, -0.15) is 121 Å². The Labute approximate surface area is 851 Å². The number of nitrogens with zero attached hydrogens (tertiary/aromatic N) is 16. The summed E-state index contributed by atoms with van der Waals surface area (Å²) in [6.45, 7) is 0. The summed E-state index contributed by atoms with van der Waals surface area (Å²) in [5, 5.41) is 8.89. The van der Waals surface area contributed by atoms with Crippen LogP contribution in [0.15, 0.2) is 413 Å². The van der Waals surface area contributed by atoms with E-state index in [0.717, 1.165) is 184 Å². The van der Waals surface area contributed by atoms with Gasteiger partial charge in [0.2, 0.25) is 0 Å². The first kappa shape index (κ1) is 87.6. The van der Waals surface area contributed by atoms with Gasteiger partial charge in [-0.05, 0) is 165 Å². The van der Waals surface area contributed by atoms with Gasteiger partial charge < -0.3 is 37.9 Å². The minimum atomic E-state index is 0. The van der Waals surface area contributed by atoms with E-state index >= 15 is 0 Å². The molecule has 12 heterocycles. The van der Waals surface area contributed by atoms with Crippen molar-refractivity contribution in [1.29, 1.82) is 0 Å². The van der Waals surface area contributed by atoms with Crippen LogP contribution in [0.3, 0.4) is 0 Å². The molecule has 24 aromatic rings. The molecular weight excluding hydrogens is 2400 g/mol. The van der Waals surface area contributed by atoms with Crippen molar-refractivity contribution in [3.63, 3.8) is 0 Å². The van der Waals surface area contributed by atoms with Crippen molar-refractivity contribution in [1.82, 2.24) is 58.1 Å². The van der Waals surface area contributed by atoms with Crippen molar-refractivity contribution >= 4 is 133 Å². The molecule has 12 aromatic heterocycles. The van der Waals surface area contributed by atoms with Gasteiger partial charge in [0, 0.05) is 99.8 Å². The van der Waals surface area contributed by atoms with Gasteiger partial charge in [-0.3, -0.25) is 0 Å². The molecule has 0 unspecified atom stereocenters. The van der Waals surface area contributed by atoms with E-state index in [0.29, 0.717) is 35.6 Å². The summed E-state index contributed by atoms with van der Waals surface area (Å²) in [7, 11) is 7.95. The number of rotatable bonds is 16. The summed E-state index contributed by atoms with van der Waals surface area (Å²) in [5.41, 5.74) is 19.1. The van der Waals surface area contributed by atoms with E-state index in [9.17, 15) is 0 Å². The van der Waals surface area contributed by atoms with Gasteiger partial charge in [0.05, 0.1) is 5.48 Å². The van der Waals surface area contributed by atoms with Crippen LogP contribution in [0, 0.1) is 48.5 Å². The Morgan fingerprint density at radius 1 is 0.206 bits per heavy atom. The molecule has 20 heteroatoms. The van der Waals surface area contributed by atoms with Gasteiger partial charge in [-0.15, -0.1) is 48.5 Å². The van der Waals surface area contributed by atoms with Crippen LogP contribution in [-0.4, -0.2) is 86.3 Å². The predicted octanol–water partition coefficient (Wildman–Crippen LogP) is 26.4. The summed E-state index contributed by atoms with van der Waals surface area (Å²) < 4.78 is 40.7. The fraction of sp³-hybridized carbons (Fsp3) is 0.0345. The SMILES string of the molecule is [2H]c1ccc(-n2c3[c-]c(-c4[c-]c(N(C)c5ccccn5)ccc4)ccc3c3ccccc32)nc1.[2H]c1cccc(-n2c3[c-]c(-c4[c-]c(N(C)c5ccccn5)ccc4)ccc3c3ccccc32)n1.[2H]c1cccnc1-n1c2[c-]c(-c3[c-]c(N(C)c4ccccn4)ccc3)ccc2c2ccccc21.[2H]c1ccnc(-n2c3[c-]c(-c4[c-]c(N(C)c5ccccn5)ccc4)ccc3c3ccccc32)c1.[Pt+2].[Pt+2].[Pt+2].[Pt+2]. The molecule has 0 spiro atoms. The maximum atomic E-state index is 8.46. The van der Waals surface area contributed by atoms with E-state index in [2.05, 4.69) is 199 Å². The molecule has 0 aliphatic heterocycles. The molecule has 16 nitrogen and oxygen atoms in total. The first-order chi connectivity index (χ1) is 66.8. The molecule has 0 aliphatic carbocycles. The van der Waals surface area contributed by atoms with E-state index < -0.39 is 0 Å². The molecule has 24 rings (SSSR count). The van der Waals surface area contributed by atoms with Crippen LogP contribution in [0.1, 0.15) is 5.48 Å². The zero-order valence-corrected chi connectivity index (χ0v) is 82.5. The second-order valence-corrected chi connectivity index (χ2v) is 31.2. The summed E-state index contributed by atoms with van der Waals surface area (Å²) >= 11 is 0. The quantitative estimate of drug-likeness (QED) is 0.0852. The molecule has 0 amide bonds. The zero-order chi connectivity index (χ0) is 92.3. The zero-order valence-electron chi connectivity index (χ0n) is 77.4. The number of benzene rings is 12. The van der Waals surface area contributed by atoms with Crippen LogP contribution in [-0.2, 0) is 84.3 Å². The number of para-hydroxylation sites is 4. The normalized spacial score (nSPS) is 11.3. The molecule has 0 saturated heterocycles. The molecular formula is C116H80N16Pt4. The van der Waals surface area contributed by atoms with Crippen LogP contribution in [0.25, 0.3) is 155 Å². The molecule has 0 bridgehead atoms. The summed E-state index contributed by atoms with van der Waals surface area (Å²) in [5.74, 6) is 6.21. The average Bonchev–Trinajstić information content (AvgIpc) is 1.60. The second kappa shape index (κ2) is 42.1. The van der Waals surface area contributed by atoms with Crippen molar-refractivity contribution < 1.29 is 89.7 Å².